The highest BCUT2D eigenvalue weighted by Crippen LogP contribution is 2.17. The van der Waals surface area contributed by atoms with E-state index >= 15 is 0 Å². The second-order valence-electron chi connectivity index (χ2n) is 2.52. The zero-order valence-corrected chi connectivity index (χ0v) is 7.80. The van der Waals surface area contributed by atoms with Crippen molar-refractivity contribution < 1.29 is 14.7 Å². The summed E-state index contributed by atoms with van der Waals surface area (Å²) in [6, 6.07) is 3.45. The Morgan fingerprint density at radius 2 is 2.31 bits per heavy atom. The lowest BCUT2D eigenvalue weighted by atomic mass is 10.3. The van der Waals surface area contributed by atoms with Crippen molar-refractivity contribution in [1.82, 2.24) is 5.32 Å². The molecule has 1 rings (SSSR count). The Morgan fingerprint density at radius 1 is 1.62 bits per heavy atom. The second-order valence-corrected chi connectivity index (χ2v) is 3.49. The number of thiophene rings is 1. The number of hydrogen-bond acceptors (Lipinski definition) is 3. The van der Waals surface area contributed by atoms with E-state index in [1.807, 2.05) is 17.5 Å². The van der Waals surface area contributed by atoms with Gasteiger partial charge in [0.05, 0.1) is 6.04 Å². The van der Waals surface area contributed by atoms with Gasteiger partial charge < -0.3 is 10.4 Å². The van der Waals surface area contributed by atoms with Gasteiger partial charge in [0.15, 0.2) is 0 Å². The van der Waals surface area contributed by atoms with E-state index in [2.05, 4.69) is 5.32 Å². The summed E-state index contributed by atoms with van der Waals surface area (Å²) in [6.07, 6.45) is 0. The Bertz CT molecular complexity index is 307. The molecule has 1 aromatic rings. The summed E-state index contributed by atoms with van der Waals surface area (Å²) in [5.41, 5.74) is 0. The fraction of sp³-hybridized carbons (Fsp3) is 0.250. The molecule has 1 amide bonds. The average molecular weight is 199 g/mol. The molecule has 0 aromatic carbocycles. The summed E-state index contributed by atoms with van der Waals surface area (Å²) in [5.74, 6) is -2.43. The molecular weight excluding hydrogens is 190 g/mol. The molecule has 1 aromatic heterocycles. The summed E-state index contributed by atoms with van der Waals surface area (Å²) in [7, 11) is 0. The van der Waals surface area contributed by atoms with E-state index in [9.17, 15) is 9.59 Å². The van der Waals surface area contributed by atoms with E-state index in [0.717, 1.165) is 4.88 Å². The van der Waals surface area contributed by atoms with Gasteiger partial charge in [0.1, 0.15) is 0 Å². The minimum absolute atomic E-state index is 0.247. The molecule has 70 valence electrons. The first-order valence-electron chi connectivity index (χ1n) is 3.68. The van der Waals surface area contributed by atoms with Crippen molar-refractivity contribution in [3.8, 4) is 0 Å². The van der Waals surface area contributed by atoms with E-state index < -0.39 is 11.9 Å². The second kappa shape index (κ2) is 4.04. The lowest BCUT2D eigenvalue weighted by Crippen LogP contribution is -2.32. The first-order valence-corrected chi connectivity index (χ1v) is 4.56. The summed E-state index contributed by atoms with van der Waals surface area (Å²) < 4.78 is 0. The molecule has 0 aliphatic rings. The van der Waals surface area contributed by atoms with Gasteiger partial charge in [-0.15, -0.1) is 11.3 Å². The smallest absolute Gasteiger partial charge is 0.394 e. The zero-order chi connectivity index (χ0) is 9.84. The van der Waals surface area contributed by atoms with Crippen molar-refractivity contribution in [2.45, 2.75) is 13.0 Å². The number of carboxylic acid groups (broad SMARTS) is 1. The molecule has 0 saturated carbocycles. The van der Waals surface area contributed by atoms with Gasteiger partial charge in [-0.1, -0.05) is 6.07 Å². The average Bonchev–Trinajstić information content (AvgIpc) is 2.55. The van der Waals surface area contributed by atoms with Gasteiger partial charge in [-0.2, -0.15) is 0 Å². The predicted molar refractivity (Wildman–Crippen MR) is 48.5 cm³/mol. The van der Waals surface area contributed by atoms with Crippen molar-refractivity contribution in [3.63, 3.8) is 0 Å². The first kappa shape index (κ1) is 9.73. The van der Waals surface area contributed by atoms with E-state index in [0.29, 0.717) is 0 Å². The number of carbonyl (C=O) groups excluding carboxylic acids is 1. The van der Waals surface area contributed by atoms with Gasteiger partial charge in [0.2, 0.25) is 0 Å². The molecule has 2 N–H and O–H groups in total. The SMILES string of the molecule is C[C@H](NC(=O)C(=O)O)c1cccs1. The summed E-state index contributed by atoms with van der Waals surface area (Å²) in [6.45, 7) is 1.74. The van der Waals surface area contributed by atoms with Crippen LogP contribution in [0.3, 0.4) is 0 Å². The van der Waals surface area contributed by atoms with Gasteiger partial charge >= 0.3 is 11.9 Å². The fourth-order valence-corrected chi connectivity index (χ4v) is 1.60. The van der Waals surface area contributed by atoms with E-state index in [1.54, 1.807) is 6.92 Å². The molecule has 0 bridgehead atoms. The molecule has 0 radical (unpaired) electrons. The van der Waals surface area contributed by atoms with Gasteiger partial charge in [-0.25, -0.2) is 4.79 Å². The number of nitrogens with one attached hydrogen (secondary N) is 1. The third kappa shape index (κ3) is 2.55. The van der Waals surface area contributed by atoms with Crippen molar-refractivity contribution in [2.75, 3.05) is 0 Å². The van der Waals surface area contributed by atoms with Crippen molar-refractivity contribution in [1.29, 1.82) is 0 Å². The monoisotopic (exact) mass is 199 g/mol. The lowest BCUT2D eigenvalue weighted by molar-refractivity contribution is -0.150. The number of carboxylic acids is 1. The number of rotatable bonds is 2. The number of amides is 1. The molecule has 4 nitrogen and oxygen atoms in total. The standard InChI is InChI=1S/C8H9NO3S/c1-5(6-3-2-4-13-6)9-7(10)8(11)12/h2-5H,1H3,(H,9,10)(H,11,12)/t5-/m0/s1. The fourth-order valence-electron chi connectivity index (χ4n) is 0.867. The highest BCUT2D eigenvalue weighted by Gasteiger charge is 2.15. The molecule has 5 heteroatoms. The molecule has 0 spiro atoms. The van der Waals surface area contributed by atoms with Crippen LogP contribution in [0.1, 0.15) is 17.8 Å². The maximum absolute atomic E-state index is 10.7. The van der Waals surface area contributed by atoms with Gasteiger partial charge in [0.25, 0.3) is 0 Å². The van der Waals surface area contributed by atoms with Crippen molar-refractivity contribution in [3.05, 3.63) is 22.4 Å². The maximum Gasteiger partial charge on any atom is 0.394 e. The molecule has 0 aliphatic heterocycles. The molecular formula is C8H9NO3S. The molecule has 1 heterocycles. The topological polar surface area (TPSA) is 66.4 Å². The van der Waals surface area contributed by atoms with Crippen LogP contribution in [-0.4, -0.2) is 17.0 Å². The third-order valence-corrected chi connectivity index (χ3v) is 2.57. The molecule has 13 heavy (non-hydrogen) atoms. The van der Waals surface area contributed by atoms with Gasteiger partial charge in [-0.3, -0.25) is 4.79 Å². The Balaban J connectivity index is 2.56. The van der Waals surface area contributed by atoms with E-state index in [-0.39, 0.29) is 6.04 Å². The van der Waals surface area contributed by atoms with Gasteiger partial charge in [0, 0.05) is 4.88 Å². The normalized spacial score (nSPS) is 12.1. The Hall–Kier alpha value is -1.36. The van der Waals surface area contributed by atoms with Crippen molar-refractivity contribution in [2.24, 2.45) is 0 Å². The van der Waals surface area contributed by atoms with Crippen LogP contribution < -0.4 is 5.32 Å². The first-order chi connectivity index (χ1) is 6.11. The van der Waals surface area contributed by atoms with Crippen LogP contribution in [0.2, 0.25) is 0 Å². The Morgan fingerprint density at radius 3 is 2.77 bits per heavy atom. The van der Waals surface area contributed by atoms with Crippen LogP contribution in [0.5, 0.6) is 0 Å². The van der Waals surface area contributed by atoms with Crippen LogP contribution in [-0.2, 0) is 9.59 Å². The van der Waals surface area contributed by atoms with Crippen LogP contribution >= 0.6 is 11.3 Å². The highest BCUT2D eigenvalue weighted by molar-refractivity contribution is 7.10. The number of carbonyl (C=O) groups is 2. The molecule has 0 fully saturated rings. The van der Waals surface area contributed by atoms with E-state index in [4.69, 9.17) is 5.11 Å². The quantitative estimate of drug-likeness (QED) is 0.698. The van der Waals surface area contributed by atoms with Crippen molar-refractivity contribution >= 4 is 23.2 Å². The maximum atomic E-state index is 10.7. The summed E-state index contributed by atoms with van der Waals surface area (Å²) in [5, 5.41) is 12.5. The van der Waals surface area contributed by atoms with Crippen LogP contribution in [0.15, 0.2) is 17.5 Å². The Kier molecular flexibility index (Phi) is 3.02. The Labute approximate surface area is 79.2 Å². The number of aliphatic carboxylic acids is 1. The molecule has 0 unspecified atom stereocenters. The largest absolute Gasteiger partial charge is 0.474 e. The summed E-state index contributed by atoms with van der Waals surface area (Å²) >= 11 is 1.48. The highest BCUT2D eigenvalue weighted by atomic mass is 32.1. The van der Waals surface area contributed by atoms with Crippen LogP contribution in [0.25, 0.3) is 0 Å². The third-order valence-electron chi connectivity index (χ3n) is 1.51. The summed E-state index contributed by atoms with van der Waals surface area (Å²) in [4.78, 5) is 21.9. The number of hydrogen-bond donors (Lipinski definition) is 2. The molecule has 1 atom stereocenters. The minimum Gasteiger partial charge on any atom is -0.474 e. The zero-order valence-electron chi connectivity index (χ0n) is 6.98. The molecule has 0 saturated heterocycles. The minimum atomic E-state index is -1.46. The van der Waals surface area contributed by atoms with Crippen LogP contribution in [0.4, 0.5) is 0 Å². The van der Waals surface area contributed by atoms with Crippen LogP contribution in [0, 0.1) is 0 Å². The lowest BCUT2D eigenvalue weighted by Gasteiger charge is -2.09. The van der Waals surface area contributed by atoms with Gasteiger partial charge in [-0.05, 0) is 18.4 Å². The predicted octanol–water partition coefficient (Wildman–Crippen LogP) is 1.01. The molecule has 0 aliphatic carbocycles. The van der Waals surface area contributed by atoms with E-state index in [1.165, 1.54) is 11.3 Å².